The van der Waals surface area contributed by atoms with Gasteiger partial charge in [-0.2, -0.15) is 0 Å². The number of sulfonamides is 1. The molecule has 1 aliphatic carbocycles. The fourth-order valence-electron chi connectivity index (χ4n) is 5.52. The number of halogens is 1. The molecule has 2 aliphatic rings. The van der Waals surface area contributed by atoms with E-state index in [1.165, 1.54) is 50.3 Å². The summed E-state index contributed by atoms with van der Waals surface area (Å²) in [5.41, 5.74) is 0.410. The highest BCUT2D eigenvalue weighted by molar-refractivity contribution is 7.92. The molecule has 0 aromatic heterocycles. The first-order valence-electron chi connectivity index (χ1n) is 13.8. The van der Waals surface area contributed by atoms with Gasteiger partial charge in [-0.15, -0.1) is 0 Å². The van der Waals surface area contributed by atoms with Crippen molar-refractivity contribution in [3.8, 4) is 5.75 Å². The lowest BCUT2D eigenvalue weighted by Crippen LogP contribution is -2.50. The summed E-state index contributed by atoms with van der Waals surface area (Å²) in [6, 6.07) is 8.73. The fraction of sp³-hybridized carbons (Fsp3) is 0.552. The van der Waals surface area contributed by atoms with Gasteiger partial charge in [0.1, 0.15) is 17.7 Å². The van der Waals surface area contributed by atoms with Crippen molar-refractivity contribution in [2.45, 2.75) is 63.0 Å². The lowest BCUT2D eigenvalue weighted by atomic mass is 9.89. The van der Waals surface area contributed by atoms with Gasteiger partial charge in [-0.25, -0.2) is 12.8 Å². The standard InChI is InChI=1S/C29H40FN3O5S/c1-20-16-33(21(2)19-34)29(35)26-15-24(31-39(36,37)25-12-9-23(30)10-13-25)11-14-27(26)38-28(20)18-32(3)17-22-7-5-4-6-8-22/h9-15,20-22,28,31,34H,4-8,16-19H2,1-3H3/t20-,21-,28-/m0/s1. The number of carbonyl (C=O) groups excluding carboxylic acids is 1. The summed E-state index contributed by atoms with van der Waals surface area (Å²) < 4.78 is 48.0. The number of fused-ring (bicyclic) bond motifs is 1. The summed E-state index contributed by atoms with van der Waals surface area (Å²) in [5, 5.41) is 9.90. The number of amides is 1. The minimum absolute atomic E-state index is 0.00145. The van der Waals surface area contributed by atoms with Crippen molar-refractivity contribution >= 4 is 21.6 Å². The van der Waals surface area contributed by atoms with Crippen molar-refractivity contribution in [1.29, 1.82) is 0 Å². The maximum Gasteiger partial charge on any atom is 0.261 e. The highest BCUT2D eigenvalue weighted by Gasteiger charge is 2.34. The summed E-state index contributed by atoms with van der Waals surface area (Å²) >= 11 is 0. The zero-order valence-electron chi connectivity index (χ0n) is 23.0. The van der Waals surface area contributed by atoms with E-state index in [0.717, 1.165) is 18.7 Å². The monoisotopic (exact) mass is 561 g/mol. The third-order valence-electron chi connectivity index (χ3n) is 7.83. The van der Waals surface area contributed by atoms with Crippen LogP contribution in [0.15, 0.2) is 47.4 Å². The maximum absolute atomic E-state index is 13.7. The first-order chi connectivity index (χ1) is 18.6. The van der Waals surface area contributed by atoms with Gasteiger partial charge in [0.15, 0.2) is 0 Å². The Hall–Kier alpha value is -2.69. The fourth-order valence-corrected chi connectivity index (χ4v) is 6.57. The van der Waals surface area contributed by atoms with Crippen LogP contribution < -0.4 is 9.46 Å². The maximum atomic E-state index is 13.7. The Balaban J connectivity index is 1.60. The Morgan fingerprint density at radius 2 is 1.82 bits per heavy atom. The van der Waals surface area contributed by atoms with Gasteiger partial charge < -0.3 is 19.6 Å². The van der Waals surface area contributed by atoms with E-state index in [1.54, 1.807) is 24.0 Å². The molecule has 1 saturated carbocycles. The summed E-state index contributed by atoms with van der Waals surface area (Å²) in [7, 11) is -1.90. The normalized spacial score (nSPS) is 21.6. The first-order valence-corrected chi connectivity index (χ1v) is 15.2. The number of benzene rings is 2. The van der Waals surface area contributed by atoms with Crippen LogP contribution in [0.2, 0.25) is 0 Å². The summed E-state index contributed by atoms with van der Waals surface area (Å²) in [4.78, 5) is 17.5. The lowest BCUT2D eigenvalue weighted by Gasteiger charge is -2.38. The van der Waals surface area contributed by atoms with Gasteiger partial charge in [0.25, 0.3) is 15.9 Å². The molecule has 0 saturated heterocycles. The van der Waals surface area contributed by atoms with Crippen LogP contribution in [0.5, 0.6) is 5.75 Å². The molecule has 1 heterocycles. The van der Waals surface area contributed by atoms with Crippen molar-refractivity contribution in [2.24, 2.45) is 11.8 Å². The number of rotatable bonds is 9. The Bertz CT molecular complexity index is 1230. The average molecular weight is 562 g/mol. The van der Waals surface area contributed by atoms with E-state index < -0.39 is 21.9 Å². The van der Waals surface area contributed by atoms with E-state index in [-0.39, 0.29) is 40.7 Å². The van der Waals surface area contributed by atoms with Crippen LogP contribution in [-0.4, -0.2) is 74.7 Å². The molecule has 3 atom stereocenters. The van der Waals surface area contributed by atoms with Crippen LogP contribution in [-0.2, 0) is 10.0 Å². The van der Waals surface area contributed by atoms with E-state index >= 15 is 0 Å². The van der Waals surface area contributed by atoms with E-state index in [0.29, 0.717) is 24.8 Å². The minimum atomic E-state index is -4.00. The molecule has 4 rings (SSSR count). The Labute approximate surface area is 231 Å². The molecule has 2 N–H and O–H groups in total. The molecular formula is C29H40FN3O5S. The van der Waals surface area contributed by atoms with Crippen LogP contribution in [0.25, 0.3) is 0 Å². The van der Waals surface area contributed by atoms with Crippen LogP contribution in [0.3, 0.4) is 0 Å². The predicted molar refractivity (Wildman–Crippen MR) is 149 cm³/mol. The molecule has 0 spiro atoms. The van der Waals surface area contributed by atoms with Gasteiger partial charge in [-0.1, -0.05) is 26.2 Å². The zero-order chi connectivity index (χ0) is 28.2. The minimum Gasteiger partial charge on any atom is -0.488 e. The lowest BCUT2D eigenvalue weighted by molar-refractivity contribution is 0.0330. The number of anilines is 1. The smallest absolute Gasteiger partial charge is 0.261 e. The number of aliphatic hydroxyl groups is 1. The molecule has 10 heteroatoms. The molecule has 8 nitrogen and oxygen atoms in total. The second-order valence-corrected chi connectivity index (χ2v) is 12.8. The van der Waals surface area contributed by atoms with Gasteiger partial charge in [0.05, 0.1) is 23.1 Å². The van der Waals surface area contributed by atoms with Crippen LogP contribution in [0.1, 0.15) is 56.3 Å². The first kappa shape index (κ1) is 29.3. The average Bonchev–Trinajstić information content (AvgIpc) is 2.91. The molecular weight excluding hydrogens is 521 g/mol. The Kier molecular flexibility index (Phi) is 9.51. The summed E-state index contributed by atoms with van der Waals surface area (Å²) in [6.45, 7) is 5.73. The number of aliphatic hydroxyl groups excluding tert-OH is 1. The van der Waals surface area contributed by atoms with E-state index in [1.807, 2.05) is 0 Å². The topological polar surface area (TPSA) is 99.2 Å². The molecule has 1 fully saturated rings. The summed E-state index contributed by atoms with van der Waals surface area (Å²) in [5.74, 6) is 0.187. The Morgan fingerprint density at radius 3 is 2.49 bits per heavy atom. The number of ether oxygens (including phenoxy) is 1. The number of hydrogen-bond acceptors (Lipinski definition) is 6. The SMILES string of the molecule is C[C@H]1CN([C@@H](C)CO)C(=O)c2cc(NS(=O)(=O)c3ccc(F)cc3)ccc2O[C@H]1CN(C)CC1CCCCC1. The molecule has 214 valence electrons. The van der Waals surface area contributed by atoms with Crippen LogP contribution in [0.4, 0.5) is 10.1 Å². The van der Waals surface area contributed by atoms with Crippen molar-refractivity contribution in [2.75, 3.05) is 38.0 Å². The van der Waals surface area contributed by atoms with Crippen molar-refractivity contribution in [1.82, 2.24) is 9.80 Å². The molecule has 0 radical (unpaired) electrons. The third-order valence-corrected chi connectivity index (χ3v) is 9.22. The number of hydrogen-bond donors (Lipinski definition) is 2. The second kappa shape index (κ2) is 12.7. The number of carbonyl (C=O) groups is 1. The van der Waals surface area contributed by atoms with E-state index in [2.05, 4.69) is 23.6 Å². The van der Waals surface area contributed by atoms with Crippen LogP contribution >= 0.6 is 0 Å². The van der Waals surface area contributed by atoms with Crippen molar-refractivity contribution in [3.63, 3.8) is 0 Å². The molecule has 0 unspecified atom stereocenters. The number of nitrogens with one attached hydrogen (secondary N) is 1. The predicted octanol–water partition coefficient (Wildman–Crippen LogP) is 4.36. The van der Waals surface area contributed by atoms with Crippen molar-refractivity contribution in [3.05, 3.63) is 53.8 Å². The molecule has 2 aromatic carbocycles. The second-order valence-electron chi connectivity index (χ2n) is 11.1. The van der Waals surface area contributed by atoms with Crippen LogP contribution in [0, 0.1) is 17.7 Å². The highest BCUT2D eigenvalue weighted by atomic mass is 32.2. The van der Waals surface area contributed by atoms with Crippen molar-refractivity contribution < 1.29 is 27.4 Å². The molecule has 0 bridgehead atoms. The molecule has 2 aromatic rings. The third kappa shape index (κ3) is 7.29. The van der Waals surface area contributed by atoms with Gasteiger partial charge in [-0.3, -0.25) is 9.52 Å². The molecule has 1 aliphatic heterocycles. The number of nitrogens with zero attached hydrogens (tertiary/aromatic N) is 2. The van der Waals surface area contributed by atoms with E-state index in [4.69, 9.17) is 4.74 Å². The molecule has 39 heavy (non-hydrogen) atoms. The molecule has 1 amide bonds. The van der Waals surface area contributed by atoms with Gasteiger partial charge in [-0.05, 0) is 75.2 Å². The Morgan fingerprint density at radius 1 is 1.13 bits per heavy atom. The summed E-state index contributed by atoms with van der Waals surface area (Å²) in [6.07, 6.45) is 6.18. The van der Waals surface area contributed by atoms with Gasteiger partial charge in [0.2, 0.25) is 0 Å². The van der Waals surface area contributed by atoms with Gasteiger partial charge >= 0.3 is 0 Å². The highest BCUT2D eigenvalue weighted by Crippen LogP contribution is 2.32. The largest absolute Gasteiger partial charge is 0.488 e. The van der Waals surface area contributed by atoms with Gasteiger partial charge in [0, 0.05) is 31.2 Å². The van der Waals surface area contributed by atoms with E-state index in [9.17, 15) is 22.7 Å². The zero-order valence-corrected chi connectivity index (χ0v) is 23.8. The number of likely N-dealkylation sites (N-methyl/N-ethyl adjacent to an activating group) is 1. The quantitative estimate of drug-likeness (QED) is 0.472.